The highest BCUT2D eigenvalue weighted by Crippen LogP contribution is 2.30. The molecule has 1 fully saturated rings. The van der Waals surface area contributed by atoms with Crippen LogP contribution in [0.2, 0.25) is 0 Å². The van der Waals surface area contributed by atoms with Crippen LogP contribution in [-0.2, 0) is 21.1 Å². The lowest BCUT2D eigenvalue weighted by atomic mass is 10.1. The number of thiazole rings is 1. The minimum Gasteiger partial charge on any atom is -0.345 e. The molecule has 1 aliphatic rings. The zero-order chi connectivity index (χ0) is 22.2. The van der Waals surface area contributed by atoms with Crippen molar-refractivity contribution in [3.05, 3.63) is 53.6 Å². The van der Waals surface area contributed by atoms with E-state index in [0.717, 1.165) is 29.3 Å². The van der Waals surface area contributed by atoms with Crippen molar-refractivity contribution in [2.24, 2.45) is 0 Å². The molecule has 0 unspecified atom stereocenters. The van der Waals surface area contributed by atoms with Crippen LogP contribution in [0.1, 0.15) is 25.0 Å². The third-order valence-electron chi connectivity index (χ3n) is 5.66. The van der Waals surface area contributed by atoms with Gasteiger partial charge in [0.25, 0.3) is 0 Å². The van der Waals surface area contributed by atoms with Crippen LogP contribution in [-0.4, -0.2) is 55.6 Å². The van der Waals surface area contributed by atoms with Gasteiger partial charge in [-0.2, -0.15) is 0 Å². The van der Waals surface area contributed by atoms with Crippen LogP contribution >= 0.6 is 11.3 Å². The molecule has 0 aliphatic carbocycles. The number of rotatable bonds is 5. The summed E-state index contributed by atoms with van der Waals surface area (Å²) < 4.78 is 25.7. The average molecular weight is 458 g/mol. The molecule has 1 saturated heterocycles. The van der Waals surface area contributed by atoms with E-state index < -0.39 is 15.1 Å². The Labute approximate surface area is 187 Å². The molecule has 2 aromatic carbocycles. The Morgan fingerprint density at radius 1 is 1.06 bits per heavy atom. The van der Waals surface area contributed by atoms with Crippen molar-refractivity contribution < 1.29 is 13.2 Å². The highest BCUT2D eigenvalue weighted by molar-refractivity contribution is 7.92. The Bertz CT molecular complexity index is 1190. The Balaban J connectivity index is 1.36. The third kappa shape index (κ3) is 4.60. The van der Waals surface area contributed by atoms with E-state index in [-0.39, 0.29) is 12.3 Å². The summed E-state index contributed by atoms with van der Waals surface area (Å²) in [5.74, 6) is 0.0686. The van der Waals surface area contributed by atoms with E-state index >= 15 is 0 Å². The normalized spacial score (nSPS) is 15.1. The Morgan fingerprint density at radius 3 is 2.39 bits per heavy atom. The standard InChI is InChI=1S/C23H27N3O3S2/c1-16(2)31(28,29)19-7-5-18(6-8-19)15-22(27)25-10-12-26(13-11-25)23-24-20-9-4-17(3)14-21(20)30-23/h4-9,14,16H,10-13,15H2,1-3H3. The number of anilines is 1. The van der Waals surface area contributed by atoms with Gasteiger partial charge in [-0.1, -0.05) is 29.5 Å². The molecule has 2 heterocycles. The van der Waals surface area contributed by atoms with E-state index in [4.69, 9.17) is 4.98 Å². The summed E-state index contributed by atoms with van der Waals surface area (Å²) in [6.45, 7) is 8.26. The van der Waals surface area contributed by atoms with Crippen LogP contribution in [0.4, 0.5) is 5.13 Å². The molecule has 3 aromatic rings. The van der Waals surface area contributed by atoms with Crippen molar-refractivity contribution in [1.29, 1.82) is 0 Å². The molecule has 0 spiro atoms. The minimum atomic E-state index is -3.29. The first-order valence-corrected chi connectivity index (χ1v) is 12.8. The number of hydrogen-bond acceptors (Lipinski definition) is 6. The van der Waals surface area contributed by atoms with E-state index in [2.05, 4.69) is 30.0 Å². The number of carbonyl (C=O) groups excluding carboxylic acids is 1. The molecule has 0 N–H and O–H groups in total. The zero-order valence-corrected chi connectivity index (χ0v) is 19.7. The lowest BCUT2D eigenvalue weighted by Crippen LogP contribution is -2.49. The number of aryl methyl sites for hydroxylation is 1. The van der Waals surface area contributed by atoms with Gasteiger partial charge in [0.2, 0.25) is 5.91 Å². The molecule has 4 rings (SSSR count). The Hall–Kier alpha value is -2.45. The van der Waals surface area contributed by atoms with Crippen molar-refractivity contribution in [1.82, 2.24) is 9.88 Å². The number of amides is 1. The number of fused-ring (bicyclic) bond motifs is 1. The molecule has 8 heteroatoms. The quantitative estimate of drug-likeness (QED) is 0.585. The fraction of sp³-hybridized carbons (Fsp3) is 0.391. The summed E-state index contributed by atoms with van der Waals surface area (Å²) in [5.41, 5.74) is 3.08. The lowest BCUT2D eigenvalue weighted by Gasteiger charge is -2.34. The van der Waals surface area contributed by atoms with Gasteiger partial charge >= 0.3 is 0 Å². The first-order chi connectivity index (χ1) is 14.7. The molecule has 164 valence electrons. The molecule has 0 atom stereocenters. The fourth-order valence-corrected chi connectivity index (χ4v) is 5.83. The minimum absolute atomic E-state index is 0.0686. The van der Waals surface area contributed by atoms with Crippen molar-refractivity contribution in [2.75, 3.05) is 31.1 Å². The van der Waals surface area contributed by atoms with Gasteiger partial charge in [0.05, 0.1) is 26.8 Å². The zero-order valence-electron chi connectivity index (χ0n) is 18.0. The van der Waals surface area contributed by atoms with Crippen LogP contribution < -0.4 is 4.90 Å². The number of carbonyl (C=O) groups is 1. The molecule has 1 aromatic heterocycles. The first kappa shape index (κ1) is 21.8. The molecule has 0 radical (unpaired) electrons. The molecule has 0 bridgehead atoms. The first-order valence-electron chi connectivity index (χ1n) is 10.5. The summed E-state index contributed by atoms with van der Waals surface area (Å²) in [6.07, 6.45) is 0.280. The summed E-state index contributed by atoms with van der Waals surface area (Å²) in [5, 5.41) is 0.547. The molecule has 1 amide bonds. The van der Waals surface area contributed by atoms with Crippen molar-refractivity contribution >= 4 is 42.4 Å². The predicted octanol–water partition coefficient (Wildman–Crippen LogP) is 3.68. The Morgan fingerprint density at radius 2 is 1.74 bits per heavy atom. The second kappa shape index (κ2) is 8.59. The van der Waals surface area contributed by atoms with E-state index in [0.29, 0.717) is 18.0 Å². The van der Waals surface area contributed by atoms with E-state index in [1.165, 1.54) is 10.3 Å². The highest BCUT2D eigenvalue weighted by Gasteiger charge is 2.24. The fourth-order valence-electron chi connectivity index (χ4n) is 3.66. The second-order valence-electron chi connectivity index (χ2n) is 8.25. The number of sulfone groups is 1. The lowest BCUT2D eigenvalue weighted by molar-refractivity contribution is -0.130. The number of benzene rings is 2. The SMILES string of the molecule is Cc1ccc2nc(N3CCN(C(=O)Cc4ccc(S(=O)(=O)C(C)C)cc4)CC3)sc2c1. The average Bonchev–Trinajstić information content (AvgIpc) is 3.17. The largest absolute Gasteiger partial charge is 0.345 e. The van der Waals surface area contributed by atoms with Gasteiger partial charge < -0.3 is 9.80 Å². The van der Waals surface area contributed by atoms with Crippen LogP contribution in [0.5, 0.6) is 0 Å². The van der Waals surface area contributed by atoms with Gasteiger partial charge in [0.15, 0.2) is 15.0 Å². The number of nitrogens with zero attached hydrogens (tertiary/aromatic N) is 3. The monoisotopic (exact) mass is 457 g/mol. The molecule has 31 heavy (non-hydrogen) atoms. The number of aromatic nitrogens is 1. The maximum absolute atomic E-state index is 12.8. The van der Waals surface area contributed by atoms with E-state index in [1.54, 1.807) is 49.4 Å². The molecule has 0 saturated carbocycles. The van der Waals surface area contributed by atoms with Crippen LogP contribution in [0, 0.1) is 6.92 Å². The summed E-state index contributed by atoms with van der Waals surface area (Å²) in [6, 6.07) is 13.0. The van der Waals surface area contributed by atoms with Gasteiger partial charge in [-0.3, -0.25) is 4.79 Å². The van der Waals surface area contributed by atoms with Crippen LogP contribution in [0.3, 0.4) is 0 Å². The van der Waals surface area contributed by atoms with Crippen LogP contribution in [0.15, 0.2) is 47.4 Å². The highest BCUT2D eigenvalue weighted by atomic mass is 32.2. The maximum Gasteiger partial charge on any atom is 0.227 e. The van der Waals surface area contributed by atoms with Gasteiger partial charge in [-0.15, -0.1) is 0 Å². The van der Waals surface area contributed by atoms with Gasteiger partial charge in [-0.25, -0.2) is 13.4 Å². The number of piperazine rings is 1. The number of hydrogen-bond donors (Lipinski definition) is 0. The molecule has 1 aliphatic heterocycles. The Kier molecular flexibility index (Phi) is 6.03. The van der Waals surface area contributed by atoms with Crippen molar-refractivity contribution in [3.8, 4) is 0 Å². The second-order valence-corrected chi connectivity index (χ2v) is 11.8. The summed E-state index contributed by atoms with van der Waals surface area (Å²) in [4.78, 5) is 21.9. The van der Waals surface area contributed by atoms with E-state index in [1.807, 2.05) is 4.90 Å². The van der Waals surface area contributed by atoms with Crippen molar-refractivity contribution in [3.63, 3.8) is 0 Å². The topological polar surface area (TPSA) is 70.6 Å². The molecular weight excluding hydrogens is 430 g/mol. The van der Waals surface area contributed by atoms with Gasteiger partial charge in [0, 0.05) is 26.2 Å². The predicted molar refractivity (Wildman–Crippen MR) is 126 cm³/mol. The van der Waals surface area contributed by atoms with Gasteiger partial charge in [0.1, 0.15) is 0 Å². The van der Waals surface area contributed by atoms with E-state index in [9.17, 15) is 13.2 Å². The maximum atomic E-state index is 12.8. The summed E-state index contributed by atoms with van der Waals surface area (Å²) in [7, 11) is -3.29. The molecule has 6 nitrogen and oxygen atoms in total. The third-order valence-corrected chi connectivity index (χ3v) is 8.91. The van der Waals surface area contributed by atoms with Crippen molar-refractivity contribution in [2.45, 2.75) is 37.3 Å². The summed E-state index contributed by atoms with van der Waals surface area (Å²) >= 11 is 1.70. The smallest absolute Gasteiger partial charge is 0.227 e. The molecular formula is C23H27N3O3S2. The van der Waals surface area contributed by atoms with Gasteiger partial charge in [-0.05, 0) is 56.2 Å². The van der Waals surface area contributed by atoms with Crippen LogP contribution in [0.25, 0.3) is 10.2 Å².